The van der Waals surface area contributed by atoms with Crippen LogP contribution in [0.3, 0.4) is 0 Å². The fourth-order valence-corrected chi connectivity index (χ4v) is 4.52. The van der Waals surface area contributed by atoms with Crippen LogP contribution in [0.5, 0.6) is 0 Å². The molecule has 0 bridgehead atoms. The lowest BCUT2D eigenvalue weighted by molar-refractivity contribution is 0.0721. The zero-order valence-electron chi connectivity index (χ0n) is 18.7. The maximum Gasteiger partial charge on any atom is 0.275 e. The van der Waals surface area contributed by atoms with Crippen molar-refractivity contribution in [1.82, 2.24) is 24.9 Å². The van der Waals surface area contributed by atoms with E-state index >= 15 is 0 Å². The first kappa shape index (κ1) is 22.3. The minimum absolute atomic E-state index is 0.169. The Morgan fingerprint density at radius 1 is 1.15 bits per heavy atom. The van der Waals surface area contributed by atoms with Gasteiger partial charge in [0, 0.05) is 17.8 Å². The number of hydrogen-bond acceptors (Lipinski definition) is 5. The highest BCUT2D eigenvalue weighted by molar-refractivity contribution is 6.33. The second-order valence-corrected chi connectivity index (χ2v) is 8.63. The molecule has 0 radical (unpaired) electrons. The molecule has 0 unspecified atom stereocenters. The topological polar surface area (TPSA) is 77.1 Å². The Balaban J connectivity index is 1.43. The van der Waals surface area contributed by atoms with Gasteiger partial charge in [0.15, 0.2) is 5.69 Å². The van der Waals surface area contributed by atoms with Crippen molar-refractivity contribution < 1.29 is 13.6 Å². The highest BCUT2D eigenvalue weighted by atomic mass is 35.5. The number of carbonyl (C=O) groups excluding carboxylic acids is 1. The van der Waals surface area contributed by atoms with E-state index in [4.69, 9.17) is 16.0 Å². The number of nitrogens with zero attached hydrogens (tertiary/aromatic N) is 5. The second kappa shape index (κ2) is 9.38. The summed E-state index contributed by atoms with van der Waals surface area (Å²) in [6.07, 6.45) is 3.33. The summed E-state index contributed by atoms with van der Waals surface area (Å²) in [7, 11) is 0. The molecule has 9 heteroatoms. The average Bonchev–Trinajstić information content (AvgIpc) is 3.57. The summed E-state index contributed by atoms with van der Waals surface area (Å²) in [5.74, 6) is 0.143. The molecule has 34 heavy (non-hydrogen) atoms. The predicted molar refractivity (Wildman–Crippen MR) is 125 cm³/mol. The van der Waals surface area contributed by atoms with Crippen molar-refractivity contribution in [2.24, 2.45) is 0 Å². The van der Waals surface area contributed by atoms with Crippen LogP contribution in [-0.2, 0) is 19.4 Å². The van der Waals surface area contributed by atoms with Crippen LogP contribution >= 0.6 is 11.6 Å². The Bertz CT molecular complexity index is 1330. The molecule has 2 aromatic carbocycles. The molecular weight excluding hydrogens is 457 g/mol. The van der Waals surface area contributed by atoms with Crippen molar-refractivity contribution in [2.45, 2.75) is 39.2 Å². The zero-order valence-corrected chi connectivity index (χ0v) is 19.4. The van der Waals surface area contributed by atoms with Crippen LogP contribution in [0, 0.1) is 5.82 Å². The van der Waals surface area contributed by atoms with E-state index in [-0.39, 0.29) is 18.3 Å². The summed E-state index contributed by atoms with van der Waals surface area (Å²) < 4.78 is 21.0. The van der Waals surface area contributed by atoms with Gasteiger partial charge in [0.1, 0.15) is 5.82 Å². The van der Waals surface area contributed by atoms with E-state index in [1.54, 1.807) is 33.8 Å². The number of benzene rings is 2. The lowest BCUT2D eigenvalue weighted by Gasteiger charge is -2.19. The van der Waals surface area contributed by atoms with E-state index < -0.39 is 0 Å². The molecule has 0 spiro atoms. The van der Waals surface area contributed by atoms with Gasteiger partial charge in [-0.3, -0.25) is 4.79 Å². The van der Waals surface area contributed by atoms with Gasteiger partial charge in [-0.1, -0.05) is 30.7 Å². The summed E-state index contributed by atoms with van der Waals surface area (Å²) in [4.78, 5) is 15.3. The second-order valence-electron chi connectivity index (χ2n) is 8.22. The molecule has 1 aliphatic carbocycles. The molecule has 1 aliphatic rings. The van der Waals surface area contributed by atoms with E-state index in [9.17, 15) is 9.18 Å². The van der Waals surface area contributed by atoms with Gasteiger partial charge in [0.05, 0.1) is 22.8 Å². The van der Waals surface area contributed by atoms with E-state index in [1.807, 2.05) is 19.1 Å². The number of halogens is 2. The normalized spacial score (nSPS) is 12.7. The molecular formula is C25H23ClFN5O2. The van der Waals surface area contributed by atoms with Gasteiger partial charge in [-0.05, 0) is 62.1 Å². The highest BCUT2D eigenvalue weighted by Gasteiger charge is 2.30. The minimum Gasteiger partial charge on any atom is -0.419 e. The number of hydrogen-bond donors (Lipinski definition) is 0. The summed E-state index contributed by atoms with van der Waals surface area (Å²) in [6, 6.07) is 13.4. The highest BCUT2D eigenvalue weighted by Crippen LogP contribution is 2.30. The quantitative estimate of drug-likeness (QED) is 0.361. The molecule has 0 atom stereocenters. The van der Waals surface area contributed by atoms with Crippen molar-refractivity contribution in [3.8, 4) is 17.1 Å². The van der Waals surface area contributed by atoms with Gasteiger partial charge in [-0.15, -0.1) is 10.2 Å². The summed E-state index contributed by atoms with van der Waals surface area (Å²) in [5.41, 5.74) is 3.77. The Morgan fingerprint density at radius 2 is 1.94 bits per heavy atom. The fourth-order valence-electron chi connectivity index (χ4n) is 4.30. The lowest BCUT2D eigenvalue weighted by atomic mass is 10.1. The van der Waals surface area contributed by atoms with Gasteiger partial charge >= 0.3 is 0 Å². The first-order valence-corrected chi connectivity index (χ1v) is 11.7. The number of carbonyl (C=O) groups is 1. The SMILES string of the molecule is CCCN(Cc1nnc(-c2ccccc2Cl)o1)C(=O)c1nn(-c2ccc(F)cc2)c2c1CCC2. The standard InChI is InChI=1S/C25H23ClFN5O2/c1-2-14-31(15-22-28-29-24(34-22)18-6-3-4-8-20(18)26)25(33)23-19-7-5-9-21(19)32(30-23)17-12-10-16(27)11-13-17/h3-4,6,8,10-13H,2,5,7,9,14-15H2,1H3. The molecule has 5 rings (SSSR count). The van der Waals surface area contributed by atoms with Gasteiger partial charge < -0.3 is 9.32 Å². The number of fused-ring (bicyclic) bond motifs is 1. The van der Waals surface area contributed by atoms with E-state index in [2.05, 4.69) is 15.3 Å². The third-order valence-corrected chi connectivity index (χ3v) is 6.21. The van der Waals surface area contributed by atoms with Crippen molar-refractivity contribution in [2.75, 3.05) is 6.54 Å². The summed E-state index contributed by atoms with van der Waals surface area (Å²) in [6.45, 7) is 2.69. The minimum atomic E-state index is -0.311. The molecule has 2 heterocycles. The van der Waals surface area contributed by atoms with Crippen molar-refractivity contribution in [3.05, 3.63) is 82.2 Å². The average molecular weight is 480 g/mol. The predicted octanol–water partition coefficient (Wildman–Crippen LogP) is 5.26. The first-order valence-electron chi connectivity index (χ1n) is 11.3. The van der Waals surface area contributed by atoms with Crippen LogP contribution in [0.1, 0.15) is 47.4 Å². The van der Waals surface area contributed by atoms with Gasteiger partial charge in [-0.2, -0.15) is 5.10 Å². The van der Waals surface area contributed by atoms with E-state index in [0.717, 1.165) is 42.6 Å². The zero-order chi connectivity index (χ0) is 23.7. The Hall–Kier alpha value is -3.52. The molecule has 4 aromatic rings. The largest absolute Gasteiger partial charge is 0.419 e. The van der Waals surface area contributed by atoms with Crippen molar-refractivity contribution >= 4 is 17.5 Å². The van der Waals surface area contributed by atoms with Gasteiger partial charge in [-0.25, -0.2) is 9.07 Å². The lowest BCUT2D eigenvalue weighted by Crippen LogP contribution is -2.32. The summed E-state index contributed by atoms with van der Waals surface area (Å²) in [5, 5.41) is 13.4. The Morgan fingerprint density at radius 3 is 2.71 bits per heavy atom. The molecule has 0 aliphatic heterocycles. The molecule has 2 aromatic heterocycles. The van der Waals surface area contributed by atoms with Crippen LogP contribution in [0.2, 0.25) is 5.02 Å². The molecule has 174 valence electrons. The van der Waals surface area contributed by atoms with Crippen LogP contribution in [-0.4, -0.2) is 37.3 Å². The van der Waals surface area contributed by atoms with Crippen LogP contribution in [0.25, 0.3) is 17.1 Å². The van der Waals surface area contributed by atoms with Crippen LogP contribution in [0.4, 0.5) is 4.39 Å². The number of rotatable bonds is 7. The van der Waals surface area contributed by atoms with Gasteiger partial charge in [0.2, 0.25) is 11.8 Å². The molecule has 0 N–H and O–H groups in total. The molecule has 1 amide bonds. The van der Waals surface area contributed by atoms with Crippen LogP contribution < -0.4 is 0 Å². The molecule has 0 saturated carbocycles. The maximum absolute atomic E-state index is 13.6. The first-order chi connectivity index (χ1) is 16.5. The Kier molecular flexibility index (Phi) is 6.15. The summed E-state index contributed by atoms with van der Waals surface area (Å²) >= 11 is 6.25. The van der Waals surface area contributed by atoms with Crippen molar-refractivity contribution in [3.63, 3.8) is 0 Å². The molecule has 7 nitrogen and oxygen atoms in total. The van der Waals surface area contributed by atoms with Gasteiger partial charge in [0.25, 0.3) is 5.91 Å². The van der Waals surface area contributed by atoms with Crippen molar-refractivity contribution in [1.29, 1.82) is 0 Å². The molecule has 0 saturated heterocycles. The fraction of sp³-hybridized carbons (Fsp3) is 0.280. The van der Waals surface area contributed by atoms with E-state index in [1.165, 1.54) is 12.1 Å². The Labute approximate surface area is 201 Å². The third-order valence-electron chi connectivity index (χ3n) is 5.88. The third kappa shape index (κ3) is 4.21. The molecule has 0 fully saturated rings. The van der Waals surface area contributed by atoms with E-state index in [0.29, 0.717) is 34.6 Å². The monoisotopic (exact) mass is 479 g/mol. The van der Waals surface area contributed by atoms with Crippen LogP contribution in [0.15, 0.2) is 52.9 Å². The number of aromatic nitrogens is 4. The maximum atomic E-state index is 13.6. The smallest absolute Gasteiger partial charge is 0.275 e. The number of amides is 1.